The number of nitro benzene ring substituents is 1. The van der Waals surface area contributed by atoms with E-state index in [1.807, 2.05) is 0 Å². The van der Waals surface area contributed by atoms with E-state index >= 15 is 0 Å². The van der Waals surface area contributed by atoms with E-state index < -0.39 is 10.6 Å². The first kappa shape index (κ1) is 13.8. The summed E-state index contributed by atoms with van der Waals surface area (Å²) in [5.74, 6) is 0.233. The highest BCUT2D eigenvalue weighted by atomic mass is 32.2. The van der Waals surface area contributed by atoms with Gasteiger partial charge in [-0.25, -0.2) is 4.98 Å². The Morgan fingerprint density at radius 3 is 2.71 bits per heavy atom. The van der Waals surface area contributed by atoms with E-state index in [9.17, 15) is 20.0 Å². The number of nitrogens with zero attached hydrogens (tertiary/aromatic N) is 3. The van der Waals surface area contributed by atoms with Crippen LogP contribution < -0.4 is 5.56 Å². The van der Waals surface area contributed by atoms with Gasteiger partial charge in [0.1, 0.15) is 0 Å². The number of aromatic nitrogens is 2. The minimum atomic E-state index is -1.53. The van der Waals surface area contributed by atoms with Crippen molar-refractivity contribution in [3.05, 3.63) is 62.1 Å². The molecule has 7 nitrogen and oxygen atoms in total. The van der Waals surface area contributed by atoms with Gasteiger partial charge in [0.25, 0.3) is 11.2 Å². The number of aryl methyl sites for hydroxylation is 1. The molecule has 0 saturated heterocycles. The third kappa shape index (κ3) is 2.12. The summed E-state index contributed by atoms with van der Waals surface area (Å²) >= 11 is 1.28. The fourth-order valence-corrected chi connectivity index (χ4v) is 3.50. The summed E-state index contributed by atoms with van der Waals surface area (Å²) in [5, 5.41) is 22.0. The summed E-state index contributed by atoms with van der Waals surface area (Å²) in [6.07, 6.45) is 0. The van der Waals surface area contributed by atoms with Crippen LogP contribution in [0.5, 0.6) is 0 Å². The molecule has 108 valence electrons. The van der Waals surface area contributed by atoms with E-state index in [1.54, 1.807) is 6.92 Å². The minimum Gasteiger partial charge on any atom is -0.366 e. The largest absolute Gasteiger partial charge is 0.366 e. The lowest BCUT2D eigenvalue weighted by Gasteiger charge is -2.24. The molecule has 0 unspecified atom stereocenters. The van der Waals surface area contributed by atoms with Crippen molar-refractivity contribution in [2.45, 2.75) is 17.8 Å². The lowest BCUT2D eigenvalue weighted by Crippen LogP contribution is -2.41. The zero-order valence-electron chi connectivity index (χ0n) is 11.0. The van der Waals surface area contributed by atoms with Crippen LogP contribution >= 0.6 is 11.8 Å². The quantitative estimate of drug-likeness (QED) is 0.509. The average Bonchev–Trinajstić information content (AvgIpc) is 2.77. The van der Waals surface area contributed by atoms with Gasteiger partial charge in [-0.05, 0) is 19.1 Å². The second-order valence-electron chi connectivity index (χ2n) is 4.76. The van der Waals surface area contributed by atoms with Crippen molar-refractivity contribution in [3.8, 4) is 0 Å². The molecule has 0 spiro atoms. The van der Waals surface area contributed by atoms with E-state index in [1.165, 1.54) is 46.7 Å². The van der Waals surface area contributed by atoms with Gasteiger partial charge in [0.2, 0.25) is 0 Å². The third-order valence-corrected chi connectivity index (χ3v) is 4.41. The molecule has 0 aliphatic carbocycles. The summed E-state index contributed by atoms with van der Waals surface area (Å²) in [4.78, 5) is 26.5. The number of benzene rings is 1. The number of nitro groups is 1. The Balaban J connectivity index is 2.13. The van der Waals surface area contributed by atoms with Crippen LogP contribution in [-0.2, 0) is 5.72 Å². The normalized spacial score (nSPS) is 20.3. The second-order valence-corrected chi connectivity index (χ2v) is 5.71. The smallest absolute Gasteiger partial charge is 0.269 e. The number of non-ortho nitro benzene ring substituents is 1. The number of hydrogen-bond acceptors (Lipinski definition) is 6. The molecule has 8 heteroatoms. The Morgan fingerprint density at radius 1 is 1.43 bits per heavy atom. The SMILES string of the molecule is Cc1cc(=O)n2c(n1)SC[C@@]2(O)c1ccc([N+](=O)[O-])cc1. The lowest BCUT2D eigenvalue weighted by atomic mass is 10.0. The highest BCUT2D eigenvalue weighted by Gasteiger charge is 2.40. The summed E-state index contributed by atoms with van der Waals surface area (Å²) in [5.41, 5.74) is -0.933. The molecule has 0 fully saturated rings. The Morgan fingerprint density at radius 2 is 2.10 bits per heavy atom. The van der Waals surface area contributed by atoms with Gasteiger partial charge in [-0.2, -0.15) is 0 Å². The van der Waals surface area contributed by atoms with Gasteiger partial charge in [-0.15, -0.1) is 0 Å². The molecule has 1 aromatic carbocycles. The van der Waals surface area contributed by atoms with Gasteiger partial charge < -0.3 is 5.11 Å². The molecule has 2 aromatic rings. The third-order valence-electron chi connectivity index (χ3n) is 3.33. The first-order valence-electron chi connectivity index (χ1n) is 6.13. The fourth-order valence-electron chi connectivity index (χ4n) is 2.30. The Kier molecular flexibility index (Phi) is 3.07. The first-order valence-corrected chi connectivity index (χ1v) is 7.12. The van der Waals surface area contributed by atoms with Gasteiger partial charge in [0.15, 0.2) is 10.9 Å². The number of hydrogen-bond donors (Lipinski definition) is 1. The van der Waals surface area contributed by atoms with Crippen LogP contribution in [0, 0.1) is 17.0 Å². The molecule has 1 aromatic heterocycles. The molecule has 21 heavy (non-hydrogen) atoms. The topological polar surface area (TPSA) is 98.3 Å². The first-order chi connectivity index (χ1) is 9.91. The Labute approximate surface area is 123 Å². The van der Waals surface area contributed by atoms with Crippen molar-refractivity contribution in [3.63, 3.8) is 0 Å². The van der Waals surface area contributed by atoms with E-state index in [4.69, 9.17) is 0 Å². The second kappa shape index (κ2) is 4.68. The molecule has 3 rings (SSSR count). The van der Waals surface area contributed by atoms with Crippen LogP contribution in [-0.4, -0.2) is 25.3 Å². The van der Waals surface area contributed by atoms with E-state index in [0.29, 0.717) is 16.4 Å². The van der Waals surface area contributed by atoms with Crippen LogP contribution in [0.4, 0.5) is 5.69 Å². The molecule has 1 aliphatic heterocycles. The number of rotatable bonds is 2. The lowest BCUT2D eigenvalue weighted by molar-refractivity contribution is -0.384. The standard InChI is InChI=1S/C13H11N3O4S/c1-8-6-11(17)15-12(14-8)21-7-13(15,18)9-2-4-10(5-3-9)16(19)20/h2-6,18H,7H2,1H3/t13-/m1/s1. The predicted octanol–water partition coefficient (Wildman–Crippen LogP) is 1.26. The summed E-state index contributed by atoms with van der Waals surface area (Å²) < 4.78 is 1.23. The minimum absolute atomic E-state index is 0.0670. The summed E-state index contributed by atoms with van der Waals surface area (Å²) in [6.45, 7) is 1.71. The zero-order valence-corrected chi connectivity index (χ0v) is 11.8. The zero-order chi connectivity index (χ0) is 15.2. The van der Waals surface area contributed by atoms with E-state index in [-0.39, 0.29) is 17.0 Å². The fraction of sp³-hybridized carbons (Fsp3) is 0.231. The molecule has 0 saturated carbocycles. The summed E-state index contributed by atoms with van der Waals surface area (Å²) in [6, 6.07) is 6.89. The van der Waals surface area contributed by atoms with Crippen molar-refractivity contribution in [1.29, 1.82) is 0 Å². The molecule has 1 aliphatic rings. The molecular weight excluding hydrogens is 294 g/mol. The molecule has 0 bridgehead atoms. The predicted molar refractivity (Wildman–Crippen MR) is 76.3 cm³/mol. The van der Waals surface area contributed by atoms with Crippen molar-refractivity contribution in [1.82, 2.24) is 9.55 Å². The van der Waals surface area contributed by atoms with Crippen LogP contribution in [0.25, 0.3) is 0 Å². The molecule has 1 N–H and O–H groups in total. The Bertz CT molecular complexity index is 787. The van der Waals surface area contributed by atoms with Crippen molar-refractivity contribution >= 4 is 17.4 Å². The van der Waals surface area contributed by atoms with Gasteiger partial charge in [0, 0.05) is 29.5 Å². The highest BCUT2D eigenvalue weighted by Crippen LogP contribution is 2.38. The van der Waals surface area contributed by atoms with Crippen LogP contribution in [0.3, 0.4) is 0 Å². The van der Waals surface area contributed by atoms with Crippen LogP contribution in [0.15, 0.2) is 40.3 Å². The van der Waals surface area contributed by atoms with E-state index in [0.717, 1.165) is 0 Å². The van der Waals surface area contributed by atoms with Crippen LogP contribution in [0.2, 0.25) is 0 Å². The Hall–Kier alpha value is -2.19. The van der Waals surface area contributed by atoms with Crippen molar-refractivity contribution < 1.29 is 10.0 Å². The molecule has 0 amide bonds. The van der Waals surface area contributed by atoms with Crippen molar-refractivity contribution in [2.24, 2.45) is 0 Å². The maximum Gasteiger partial charge on any atom is 0.269 e. The van der Waals surface area contributed by atoms with E-state index in [2.05, 4.69) is 4.98 Å². The molecule has 0 radical (unpaired) electrons. The molecule has 2 heterocycles. The van der Waals surface area contributed by atoms with Crippen LogP contribution in [0.1, 0.15) is 11.3 Å². The number of aliphatic hydroxyl groups is 1. The van der Waals surface area contributed by atoms with Gasteiger partial charge in [0.05, 0.1) is 10.7 Å². The molecular formula is C13H11N3O4S. The van der Waals surface area contributed by atoms with Gasteiger partial charge in [-0.3, -0.25) is 19.5 Å². The summed E-state index contributed by atoms with van der Waals surface area (Å²) in [7, 11) is 0. The maximum absolute atomic E-state index is 12.1. The monoisotopic (exact) mass is 305 g/mol. The molecule has 1 atom stereocenters. The number of fused-ring (bicyclic) bond motifs is 1. The van der Waals surface area contributed by atoms with Crippen molar-refractivity contribution in [2.75, 3.05) is 5.75 Å². The van der Waals surface area contributed by atoms with Gasteiger partial charge >= 0.3 is 0 Å². The number of thioether (sulfide) groups is 1. The average molecular weight is 305 g/mol. The maximum atomic E-state index is 12.1. The highest BCUT2D eigenvalue weighted by molar-refractivity contribution is 7.99. The van der Waals surface area contributed by atoms with Gasteiger partial charge in [-0.1, -0.05) is 11.8 Å².